The molecule has 0 unspecified atom stereocenters. The Morgan fingerprint density at radius 3 is 2.88 bits per heavy atom. The number of hydrogen-bond acceptors (Lipinski definition) is 4. The Bertz CT molecular complexity index is 578. The van der Waals surface area contributed by atoms with Crippen LogP contribution in [0.3, 0.4) is 0 Å². The monoisotopic (exact) mass is 231 g/mol. The fourth-order valence-electron chi connectivity index (χ4n) is 1.52. The first kappa shape index (κ1) is 11.2. The average molecular weight is 231 g/mol. The highest BCUT2D eigenvalue weighted by atomic mass is 16.5. The maximum absolute atomic E-state index is 11.6. The number of nitrogens with zero attached hydrogens (tertiary/aromatic N) is 2. The van der Waals surface area contributed by atoms with E-state index in [0.717, 1.165) is 5.56 Å². The second-order valence-corrected chi connectivity index (χ2v) is 3.62. The van der Waals surface area contributed by atoms with E-state index in [0.29, 0.717) is 18.1 Å². The van der Waals surface area contributed by atoms with Crippen LogP contribution in [0.25, 0.3) is 0 Å². The summed E-state index contributed by atoms with van der Waals surface area (Å²) < 4.78 is 6.32. The van der Waals surface area contributed by atoms with Gasteiger partial charge in [-0.05, 0) is 17.7 Å². The SMILES string of the molecule is COc1ccc(=O)n(Cc2cccc(N)c2)n1. The van der Waals surface area contributed by atoms with Crippen LogP contribution in [0.15, 0.2) is 41.2 Å². The van der Waals surface area contributed by atoms with Crippen LogP contribution in [0, 0.1) is 0 Å². The number of aromatic nitrogens is 2. The van der Waals surface area contributed by atoms with Crippen LogP contribution in [0.1, 0.15) is 5.56 Å². The van der Waals surface area contributed by atoms with E-state index in [1.807, 2.05) is 18.2 Å². The molecule has 0 amide bonds. The Labute approximate surface area is 98.5 Å². The standard InChI is InChI=1S/C12H13N3O2/c1-17-11-5-6-12(16)15(14-11)8-9-3-2-4-10(13)7-9/h2-7H,8,13H2,1H3. The minimum Gasteiger partial charge on any atom is -0.480 e. The van der Waals surface area contributed by atoms with Crippen LogP contribution in [0.4, 0.5) is 5.69 Å². The molecule has 0 aliphatic heterocycles. The molecular weight excluding hydrogens is 218 g/mol. The van der Waals surface area contributed by atoms with Crippen LogP contribution >= 0.6 is 0 Å². The van der Waals surface area contributed by atoms with Crippen molar-refractivity contribution < 1.29 is 4.74 Å². The van der Waals surface area contributed by atoms with Gasteiger partial charge >= 0.3 is 0 Å². The van der Waals surface area contributed by atoms with Crippen molar-refractivity contribution in [2.75, 3.05) is 12.8 Å². The van der Waals surface area contributed by atoms with E-state index in [2.05, 4.69) is 5.10 Å². The second kappa shape index (κ2) is 4.69. The molecule has 0 fully saturated rings. The number of benzene rings is 1. The van der Waals surface area contributed by atoms with Gasteiger partial charge in [0.15, 0.2) is 0 Å². The summed E-state index contributed by atoms with van der Waals surface area (Å²) >= 11 is 0. The van der Waals surface area contributed by atoms with Crippen molar-refractivity contribution in [1.82, 2.24) is 9.78 Å². The second-order valence-electron chi connectivity index (χ2n) is 3.62. The van der Waals surface area contributed by atoms with Gasteiger partial charge in [-0.25, -0.2) is 4.68 Å². The summed E-state index contributed by atoms with van der Waals surface area (Å²) in [6, 6.07) is 10.3. The van der Waals surface area contributed by atoms with Gasteiger partial charge in [0, 0.05) is 17.8 Å². The molecule has 2 rings (SSSR count). The molecule has 1 aromatic carbocycles. The quantitative estimate of drug-likeness (QED) is 0.796. The zero-order chi connectivity index (χ0) is 12.3. The number of rotatable bonds is 3. The highest BCUT2D eigenvalue weighted by molar-refractivity contribution is 5.40. The van der Waals surface area contributed by atoms with Gasteiger partial charge in [-0.15, -0.1) is 5.10 Å². The number of anilines is 1. The summed E-state index contributed by atoms with van der Waals surface area (Å²) in [7, 11) is 1.51. The lowest BCUT2D eigenvalue weighted by Crippen LogP contribution is -2.22. The van der Waals surface area contributed by atoms with Gasteiger partial charge in [0.2, 0.25) is 5.88 Å². The molecule has 0 saturated heterocycles. The predicted octanol–water partition coefficient (Wildman–Crippen LogP) is 0.882. The smallest absolute Gasteiger partial charge is 0.267 e. The summed E-state index contributed by atoms with van der Waals surface area (Å²) in [5.41, 5.74) is 7.09. The lowest BCUT2D eigenvalue weighted by Gasteiger charge is -2.06. The Kier molecular flexibility index (Phi) is 3.09. The first-order chi connectivity index (χ1) is 8.19. The van der Waals surface area contributed by atoms with Crippen molar-refractivity contribution in [1.29, 1.82) is 0 Å². The van der Waals surface area contributed by atoms with E-state index >= 15 is 0 Å². The molecule has 5 heteroatoms. The lowest BCUT2D eigenvalue weighted by atomic mass is 10.2. The maximum Gasteiger partial charge on any atom is 0.267 e. The summed E-state index contributed by atoms with van der Waals surface area (Å²) in [6.07, 6.45) is 0. The van der Waals surface area contributed by atoms with E-state index in [4.69, 9.17) is 10.5 Å². The highest BCUT2D eigenvalue weighted by Crippen LogP contribution is 2.08. The molecule has 0 spiro atoms. The third-order valence-electron chi connectivity index (χ3n) is 2.33. The van der Waals surface area contributed by atoms with E-state index in [1.165, 1.54) is 23.9 Å². The van der Waals surface area contributed by atoms with Gasteiger partial charge in [0.1, 0.15) is 0 Å². The predicted molar refractivity (Wildman–Crippen MR) is 65.0 cm³/mol. The third kappa shape index (κ3) is 2.63. The fourth-order valence-corrected chi connectivity index (χ4v) is 1.52. The normalized spacial score (nSPS) is 10.2. The van der Waals surface area contributed by atoms with Gasteiger partial charge < -0.3 is 10.5 Å². The molecule has 0 aliphatic rings. The molecule has 1 aromatic heterocycles. The molecule has 0 bridgehead atoms. The summed E-state index contributed by atoms with van der Waals surface area (Å²) in [5, 5.41) is 4.06. The molecule has 0 radical (unpaired) electrons. The average Bonchev–Trinajstić information content (AvgIpc) is 2.32. The molecule has 2 aromatic rings. The van der Waals surface area contributed by atoms with E-state index < -0.39 is 0 Å². The van der Waals surface area contributed by atoms with Crippen molar-refractivity contribution in [2.24, 2.45) is 0 Å². The van der Waals surface area contributed by atoms with E-state index in [1.54, 1.807) is 6.07 Å². The van der Waals surface area contributed by atoms with Gasteiger partial charge in [-0.1, -0.05) is 12.1 Å². The lowest BCUT2D eigenvalue weighted by molar-refractivity contribution is 0.379. The maximum atomic E-state index is 11.6. The van der Waals surface area contributed by atoms with Crippen molar-refractivity contribution in [3.05, 3.63) is 52.3 Å². The van der Waals surface area contributed by atoms with Crippen molar-refractivity contribution >= 4 is 5.69 Å². The molecular formula is C12H13N3O2. The topological polar surface area (TPSA) is 70.1 Å². The van der Waals surface area contributed by atoms with Gasteiger partial charge in [0.05, 0.1) is 13.7 Å². The molecule has 0 aliphatic carbocycles. The minimum absolute atomic E-state index is 0.173. The summed E-state index contributed by atoms with van der Waals surface area (Å²) in [5.74, 6) is 0.411. The molecule has 88 valence electrons. The number of ether oxygens (including phenoxy) is 1. The third-order valence-corrected chi connectivity index (χ3v) is 2.33. The van der Waals surface area contributed by atoms with Crippen LogP contribution < -0.4 is 16.0 Å². The summed E-state index contributed by atoms with van der Waals surface area (Å²) in [4.78, 5) is 11.6. The zero-order valence-corrected chi connectivity index (χ0v) is 9.46. The van der Waals surface area contributed by atoms with Crippen molar-refractivity contribution in [3.8, 4) is 5.88 Å². The number of hydrogen-bond donors (Lipinski definition) is 1. The zero-order valence-electron chi connectivity index (χ0n) is 9.46. The van der Waals surface area contributed by atoms with Crippen molar-refractivity contribution in [2.45, 2.75) is 6.54 Å². The van der Waals surface area contributed by atoms with E-state index in [9.17, 15) is 4.79 Å². The molecule has 2 N–H and O–H groups in total. The largest absolute Gasteiger partial charge is 0.480 e. The van der Waals surface area contributed by atoms with Gasteiger partial charge in [0.25, 0.3) is 5.56 Å². The Hall–Kier alpha value is -2.30. The Morgan fingerprint density at radius 2 is 2.18 bits per heavy atom. The van der Waals surface area contributed by atoms with E-state index in [-0.39, 0.29) is 5.56 Å². The highest BCUT2D eigenvalue weighted by Gasteiger charge is 2.02. The van der Waals surface area contributed by atoms with Crippen LogP contribution in [0.5, 0.6) is 5.88 Å². The van der Waals surface area contributed by atoms with Gasteiger partial charge in [-0.3, -0.25) is 4.79 Å². The molecule has 17 heavy (non-hydrogen) atoms. The fraction of sp³-hybridized carbons (Fsp3) is 0.167. The number of nitrogens with two attached hydrogens (primary N) is 1. The molecule has 0 saturated carbocycles. The Balaban J connectivity index is 2.32. The Morgan fingerprint density at radius 1 is 1.35 bits per heavy atom. The summed E-state index contributed by atoms with van der Waals surface area (Å²) in [6.45, 7) is 0.376. The van der Waals surface area contributed by atoms with Gasteiger partial charge in [-0.2, -0.15) is 0 Å². The van der Waals surface area contributed by atoms with Crippen LogP contribution in [0.2, 0.25) is 0 Å². The molecule has 5 nitrogen and oxygen atoms in total. The first-order valence-electron chi connectivity index (χ1n) is 5.15. The van der Waals surface area contributed by atoms with Crippen molar-refractivity contribution in [3.63, 3.8) is 0 Å². The molecule has 1 heterocycles. The number of nitrogen functional groups attached to an aromatic ring is 1. The minimum atomic E-state index is -0.173. The van der Waals surface area contributed by atoms with Crippen LogP contribution in [-0.2, 0) is 6.54 Å². The molecule has 0 atom stereocenters. The number of methoxy groups -OCH3 is 1. The first-order valence-corrected chi connectivity index (χ1v) is 5.15. The van der Waals surface area contributed by atoms with Crippen LogP contribution in [-0.4, -0.2) is 16.9 Å².